The third-order valence-electron chi connectivity index (χ3n) is 3.18. The molecule has 0 fully saturated rings. The maximum Gasteiger partial charge on any atom is 0.152 e. The molecule has 0 atom stereocenters. The number of rotatable bonds is 4. The van der Waals surface area contributed by atoms with E-state index in [1.807, 2.05) is 25.1 Å². The third kappa shape index (κ3) is 2.90. The van der Waals surface area contributed by atoms with Gasteiger partial charge in [-0.25, -0.2) is 8.78 Å². The van der Waals surface area contributed by atoms with Crippen LogP contribution < -0.4 is 10.1 Å². The Labute approximate surface area is 117 Å². The molecule has 2 nitrogen and oxygen atoms in total. The largest absolute Gasteiger partial charge is 0.496 e. The molecule has 0 heterocycles. The number of benzene rings is 2. The van der Waals surface area contributed by atoms with Crippen molar-refractivity contribution in [2.75, 3.05) is 12.4 Å². The van der Waals surface area contributed by atoms with Crippen LogP contribution in [0.2, 0.25) is 0 Å². The van der Waals surface area contributed by atoms with E-state index in [1.54, 1.807) is 14.0 Å². The zero-order chi connectivity index (χ0) is 14.7. The lowest BCUT2D eigenvalue weighted by Crippen LogP contribution is -2.06. The van der Waals surface area contributed by atoms with Gasteiger partial charge in [-0.05, 0) is 31.5 Å². The monoisotopic (exact) mass is 277 g/mol. The van der Waals surface area contributed by atoms with E-state index < -0.39 is 11.6 Å². The van der Waals surface area contributed by atoms with Crippen molar-refractivity contribution in [1.29, 1.82) is 0 Å². The summed E-state index contributed by atoms with van der Waals surface area (Å²) in [4.78, 5) is 0. The molecule has 4 heteroatoms. The second-order valence-electron chi connectivity index (χ2n) is 4.72. The maximum absolute atomic E-state index is 13.9. The van der Waals surface area contributed by atoms with E-state index in [2.05, 4.69) is 5.32 Å². The molecular formula is C16H17F2NO. The van der Waals surface area contributed by atoms with Crippen molar-refractivity contribution in [1.82, 2.24) is 0 Å². The van der Waals surface area contributed by atoms with Gasteiger partial charge in [-0.3, -0.25) is 0 Å². The van der Waals surface area contributed by atoms with E-state index in [9.17, 15) is 8.78 Å². The van der Waals surface area contributed by atoms with Gasteiger partial charge in [0.1, 0.15) is 17.3 Å². The first kappa shape index (κ1) is 14.3. The van der Waals surface area contributed by atoms with Crippen LogP contribution in [0.5, 0.6) is 5.75 Å². The minimum Gasteiger partial charge on any atom is -0.496 e. The Kier molecular flexibility index (Phi) is 4.23. The normalized spacial score (nSPS) is 10.4. The van der Waals surface area contributed by atoms with E-state index in [-0.39, 0.29) is 5.69 Å². The van der Waals surface area contributed by atoms with Gasteiger partial charge in [-0.15, -0.1) is 0 Å². The standard InChI is InChI=1S/C16H17F2NO/c1-10-4-7-14(20-3)12(8-10)9-19-16-13(17)6-5-11(2)15(16)18/h4-8,19H,9H2,1-3H3. The first-order valence-corrected chi connectivity index (χ1v) is 6.35. The lowest BCUT2D eigenvalue weighted by Gasteiger charge is -2.13. The van der Waals surface area contributed by atoms with E-state index in [4.69, 9.17) is 4.74 Å². The van der Waals surface area contributed by atoms with E-state index in [0.29, 0.717) is 17.9 Å². The number of ether oxygens (including phenoxy) is 1. The second-order valence-corrected chi connectivity index (χ2v) is 4.72. The molecule has 20 heavy (non-hydrogen) atoms. The molecule has 0 unspecified atom stereocenters. The number of nitrogens with one attached hydrogen (secondary N) is 1. The Morgan fingerprint density at radius 2 is 1.85 bits per heavy atom. The summed E-state index contributed by atoms with van der Waals surface area (Å²) < 4.78 is 32.8. The smallest absolute Gasteiger partial charge is 0.152 e. The van der Waals surface area contributed by atoms with E-state index >= 15 is 0 Å². The summed E-state index contributed by atoms with van der Waals surface area (Å²) in [7, 11) is 1.57. The van der Waals surface area contributed by atoms with Crippen molar-refractivity contribution in [3.05, 3.63) is 58.7 Å². The zero-order valence-corrected chi connectivity index (χ0v) is 11.8. The van der Waals surface area contributed by atoms with Crippen LogP contribution in [0.25, 0.3) is 0 Å². The molecule has 0 aliphatic heterocycles. The zero-order valence-electron chi connectivity index (χ0n) is 11.8. The molecule has 0 radical (unpaired) electrons. The third-order valence-corrected chi connectivity index (χ3v) is 3.18. The highest BCUT2D eigenvalue weighted by molar-refractivity contribution is 5.50. The summed E-state index contributed by atoms with van der Waals surface area (Å²) in [5, 5.41) is 2.81. The lowest BCUT2D eigenvalue weighted by molar-refractivity contribution is 0.410. The highest BCUT2D eigenvalue weighted by Gasteiger charge is 2.12. The predicted molar refractivity (Wildman–Crippen MR) is 76.2 cm³/mol. The molecule has 0 aromatic heterocycles. The fraction of sp³-hybridized carbons (Fsp3) is 0.250. The first-order chi connectivity index (χ1) is 9.52. The Morgan fingerprint density at radius 1 is 1.10 bits per heavy atom. The van der Waals surface area contributed by atoms with Gasteiger partial charge in [0.15, 0.2) is 5.82 Å². The van der Waals surface area contributed by atoms with Gasteiger partial charge in [0.2, 0.25) is 0 Å². The second kappa shape index (κ2) is 5.90. The Balaban J connectivity index is 2.25. The summed E-state index contributed by atoms with van der Waals surface area (Å²) in [5.41, 5.74) is 2.22. The van der Waals surface area contributed by atoms with Gasteiger partial charge in [0.25, 0.3) is 0 Å². The lowest BCUT2D eigenvalue weighted by atomic mass is 10.1. The molecular weight excluding hydrogens is 260 g/mol. The van der Waals surface area contributed by atoms with Gasteiger partial charge in [-0.2, -0.15) is 0 Å². The molecule has 0 aliphatic rings. The number of hydrogen-bond donors (Lipinski definition) is 1. The van der Waals surface area contributed by atoms with Crippen LogP contribution in [0.15, 0.2) is 30.3 Å². The molecule has 2 rings (SSSR count). The maximum atomic E-state index is 13.9. The van der Waals surface area contributed by atoms with Crippen molar-refractivity contribution in [2.24, 2.45) is 0 Å². The summed E-state index contributed by atoms with van der Waals surface area (Å²) in [6, 6.07) is 8.38. The molecule has 0 saturated heterocycles. The molecule has 0 aliphatic carbocycles. The van der Waals surface area contributed by atoms with Crippen LogP contribution in [0.4, 0.5) is 14.5 Å². The minimum absolute atomic E-state index is 0.103. The van der Waals surface area contributed by atoms with Gasteiger partial charge in [-0.1, -0.05) is 23.8 Å². The van der Waals surface area contributed by atoms with Crippen molar-refractivity contribution < 1.29 is 13.5 Å². The molecule has 106 valence electrons. The number of aryl methyl sites for hydroxylation is 2. The van der Waals surface area contributed by atoms with Gasteiger partial charge >= 0.3 is 0 Å². The predicted octanol–water partition coefficient (Wildman–Crippen LogP) is 4.20. The molecule has 2 aromatic rings. The Morgan fingerprint density at radius 3 is 2.55 bits per heavy atom. The highest BCUT2D eigenvalue weighted by atomic mass is 19.1. The van der Waals surface area contributed by atoms with E-state index in [0.717, 1.165) is 11.1 Å². The summed E-state index contributed by atoms with van der Waals surface area (Å²) in [6.07, 6.45) is 0. The average Bonchev–Trinajstić information content (AvgIpc) is 2.43. The molecule has 0 amide bonds. The molecule has 2 aromatic carbocycles. The number of halogens is 2. The molecule has 0 spiro atoms. The van der Waals surface area contributed by atoms with Crippen LogP contribution in [0.3, 0.4) is 0 Å². The summed E-state index contributed by atoms with van der Waals surface area (Å²) in [5.74, 6) is -0.465. The number of hydrogen-bond acceptors (Lipinski definition) is 2. The van der Waals surface area contributed by atoms with Gasteiger partial charge < -0.3 is 10.1 Å². The fourth-order valence-corrected chi connectivity index (χ4v) is 2.05. The van der Waals surface area contributed by atoms with Crippen molar-refractivity contribution in [2.45, 2.75) is 20.4 Å². The number of methoxy groups -OCH3 is 1. The Hall–Kier alpha value is -2.10. The SMILES string of the molecule is COc1ccc(C)cc1CNc1c(F)ccc(C)c1F. The fourth-order valence-electron chi connectivity index (χ4n) is 2.05. The summed E-state index contributed by atoms with van der Waals surface area (Å²) in [6.45, 7) is 3.85. The van der Waals surface area contributed by atoms with Crippen LogP contribution >= 0.6 is 0 Å². The van der Waals surface area contributed by atoms with Crippen LogP contribution in [-0.4, -0.2) is 7.11 Å². The molecule has 0 saturated carbocycles. The molecule has 1 N–H and O–H groups in total. The van der Waals surface area contributed by atoms with Crippen molar-refractivity contribution in [3.63, 3.8) is 0 Å². The Bertz CT molecular complexity index is 626. The van der Waals surface area contributed by atoms with Crippen LogP contribution in [0, 0.1) is 25.5 Å². The number of anilines is 1. The summed E-state index contributed by atoms with van der Waals surface area (Å²) >= 11 is 0. The highest BCUT2D eigenvalue weighted by Crippen LogP contribution is 2.25. The van der Waals surface area contributed by atoms with Gasteiger partial charge in [0.05, 0.1) is 7.11 Å². The topological polar surface area (TPSA) is 21.3 Å². The van der Waals surface area contributed by atoms with Crippen molar-refractivity contribution >= 4 is 5.69 Å². The molecule has 0 bridgehead atoms. The average molecular weight is 277 g/mol. The quantitative estimate of drug-likeness (QED) is 0.904. The minimum atomic E-state index is -0.597. The van der Waals surface area contributed by atoms with Crippen LogP contribution in [0.1, 0.15) is 16.7 Å². The first-order valence-electron chi connectivity index (χ1n) is 6.35. The van der Waals surface area contributed by atoms with Crippen LogP contribution in [-0.2, 0) is 6.54 Å². The van der Waals surface area contributed by atoms with Crippen molar-refractivity contribution in [3.8, 4) is 5.75 Å². The van der Waals surface area contributed by atoms with E-state index in [1.165, 1.54) is 12.1 Å². The van der Waals surface area contributed by atoms with Gasteiger partial charge in [0, 0.05) is 12.1 Å².